The molecule has 0 bridgehead atoms. The second-order valence-corrected chi connectivity index (χ2v) is 5.76. The van der Waals surface area contributed by atoms with E-state index < -0.39 is 0 Å². The van der Waals surface area contributed by atoms with Gasteiger partial charge in [-0.2, -0.15) is 0 Å². The number of anilines is 1. The minimum Gasteiger partial charge on any atom is -0.403 e. The zero-order chi connectivity index (χ0) is 16.9. The van der Waals surface area contributed by atoms with Gasteiger partial charge in [0.15, 0.2) is 0 Å². The maximum Gasteiger partial charge on any atom is 0.322 e. The second-order valence-electron chi connectivity index (χ2n) is 5.76. The quantitative estimate of drug-likeness (QED) is 0.773. The molecular weight excluding hydrogens is 302 g/mol. The molecule has 1 amide bonds. The van der Waals surface area contributed by atoms with Crippen LogP contribution in [0.4, 0.5) is 6.01 Å². The van der Waals surface area contributed by atoms with Crippen molar-refractivity contribution in [2.45, 2.75) is 26.7 Å². The van der Waals surface area contributed by atoms with Crippen LogP contribution in [0.15, 0.2) is 52.9 Å². The van der Waals surface area contributed by atoms with Gasteiger partial charge in [0.05, 0.1) is 0 Å². The summed E-state index contributed by atoms with van der Waals surface area (Å²) in [5, 5.41) is 10.6. The van der Waals surface area contributed by atoms with Crippen LogP contribution in [-0.4, -0.2) is 16.1 Å². The molecule has 5 nitrogen and oxygen atoms in total. The molecule has 24 heavy (non-hydrogen) atoms. The van der Waals surface area contributed by atoms with Gasteiger partial charge >= 0.3 is 6.01 Å². The van der Waals surface area contributed by atoms with Crippen molar-refractivity contribution in [1.29, 1.82) is 0 Å². The van der Waals surface area contributed by atoms with Crippen LogP contribution in [-0.2, 0) is 11.2 Å². The molecule has 0 aliphatic heterocycles. The molecule has 3 rings (SSSR count). The van der Waals surface area contributed by atoms with Crippen molar-refractivity contribution in [3.05, 3.63) is 65.2 Å². The van der Waals surface area contributed by atoms with E-state index in [1.807, 2.05) is 56.3 Å². The van der Waals surface area contributed by atoms with Gasteiger partial charge in [-0.1, -0.05) is 53.1 Å². The molecule has 2 aromatic carbocycles. The highest BCUT2D eigenvalue weighted by molar-refractivity contribution is 5.88. The number of aryl methyl sites for hydroxylation is 3. The largest absolute Gasteiger partial charge is 0.403 e. The number of benzene rings is 2. The number of rotatable bonds is 5. The highest BCUT2D eigenvalue weighted by Crippen LogP contribution is 2.24. The van der Waals surface area contributed by atoms with Crippen molar-refractivity contribution in [1.82, 2.24) is 10.2 Å². The van der Waals surface area contributed by atoms with Crippen molar-refractivity contribution in [3.8, 4) is 11.5 Å². The van der Waals surface area contributed by atoms with Gasteiger partial charge in [0, 0.05) is 12.0 Å². The van der Waals surface area contributed by atoms with Crippen LogP contribution in [0.5, 0.6) is 0 Å². The van der Waals surface area contributed by atoms with Crippen LogP contribution in [0.1, 0.15) is 23.1 Å². The number of nitrogens with one attached hydrogen (secondary N) is 1. The lowest BCUT2D eigenvalue weighted by Crippen LogP contribution is -2.12. The highest BCUT2D eigenvalue weighted by Gasteiger charge is 2.13. The lowest BCUT2D eigenvalue weighted by molar-refractivity contribution is -0.116. The van der Waals surface area contributed by atoms with E-state index in [0.717, 1.165) is 16.7 Å². The van der Waals surface area contributed by atoms with Gasteiger partial charge in [-0.3, -0.25) is 10.1 Å². The van der Waals surface area contributed by atoms with Crippen molar-refractivity contribution in [3.63, 3.8) is 0 Å². The Morgan fingerprint density at radius 1 is 1.08 bits per heavy atom. The van der Waals surface area contributed by atoms with Gasteiger partial charge in [0.2, 0.25) is 11.8 Å². The van der Waals surface area contributed by atoms with Gasteiger partial charge in [-0.25, -0.2) is 0 Å². The summed E-state index contributed by atoms with van der Waals surface area (Å²) in [5.74, 6) is 0.264. The summed E-state index contributed by atoms with van der Waals surface area (Å²) in [6.45, 7) is 4.02. The molecule has 5 heteroatoms. The van der Waals surface area contributed by atoms with E-state index in [0.29, 0.717) is 18.7 Å². The number of nitrogens with zero attached hydrogens (tertiary/aromatic N) is 2. The molecule has 0 unspecified atom stereocenters. The molecule has 0 saturated heterocycles. The van der Waals surface area contributed by atoms with Crippen molar-refractivity contribution in [2.75, 3.05) is 5.32 Å². The summed E-state index contributed by atoms with van der Waals surface area (Å²) in [5.41, 5.74) is 4.22. The van der Waals surface area contributed by atoms with Crippen LogP contribution in [0.3, 0.4) is 0 Å². The molecule has 0 spiro atoms. The number of hydrogen-bond donors (Lipinski definition) is 1. The van der Waals surface area contributed by atoms with E-state index in [4.69, 9.17) is 4.42 Å². The smallest absolute Gasteiger partial charge is 0.322 e. The summed E-state index contributed by atoms with van der Waals surface area (Å²) >= 11 is 0. The molecule has 1 heterocycles. The fraction of sp³-hybridized carbons (Fsp3) is 0.211. The van der Waals surface area contributed by atoms with Crippen molar-refractivity contribution < 1.29 is 9.21 Å². The maximum atomic E-state index is 12.0. The van der Waals surface area contributed by atoms with Crippen LogP contribution in [0.25, 0.3) is 11.5 Å². The minimum absolute atomic E-state index is 0.128. The molecule has 0 atom stereocenters. The first kappa shape index (κ1) is 15.9. The summed E-state index contributed by atoms with van der Waals surface area (Å²) in [6, 6.07) is 16.0. The number of carbonyl (C=O) groups excluding carboxylic acids is 1. The number of amides is 1. The SMILES string of the molecule is Cc1ccc(-c2nnc(NC(=O)CCc3ccccc3)o2)c(C)c1. The van der Waals surface area contributed by atoms with Crippen molar-refractivity contribution >= 4 is 11.9 Å². The first-order valence-corrected chi connectivity index (χ1v) is 7.87. The Labute approximate surface area is 140 Å². The van der Waals surface area contributed by atoms with Gasteiger partial charge < -0.3 is 4.42 Å². The molecule has 0 saturated carbocycles. The standard InChI is InChI=1S/C19H19N3O2/c1-13-8-10-16(14(2)12-13)18-21-22-19(24-18)20-17(23)11-9-15-6-4-3-5-7-15/h3-8,10,12H,9,11H2,1-2H3,(H,20,22,23). The third-order valence-corrected chi connectivity index (χ3v) is 3.77. The Bertz CT molecular complexity index is 841. The highest BCUT2D eigenvalue weighted by atomic mass is 16.4. The molecule has 0 aliphatic rings. The predicted molar refractivity (Wildman–Crippen MR) is 92.6 cm³/mol. The summed E-state index contributed by atoms with van der Waals surface area (Å²) in [4.78, 5) is 12.0. The second kappa shape index (κ2) is 7.08. The van der Waals surface area contributed by atoms with Gasteiger partial charge in [0.1, 0.15) is 0 Å². The van der Waals surface area contributed by atoms with E-state index >= 15 is 0 Å². The van der Waals surface area contributed by atoms with E-state index in [1.165, 1.54) is 5.56 Å². The van der Waals surface area contributed by atoms with Gasteiger partial charge in [0.25, 0.3) is 0 Å². The maximum absolute atomic E-state index is 12.0. The first-order valence-electron chi connectivity index (χ1n) is 7.87. The normalized spacial score (nSPS) is 10.6. The summed E-state index contributed by atoms with van der Waals surface area (Å²) < 4.78 is 5.56. The topological polar surface area (TPSA) is 68.0 Å². The molecule has 0 fully saturated rings. The fourth-order valence-corrected chi connectivity index (χ4v) is 2.52. The Kier molecular flexibility index (Phi) is 4.70. The Morgan fingerprint density at radius 2 is 1.88 bits per heavy atom. The minimum atomic E-state index is -0.144. The molecular formula is C19H19N3O2. The fourth-order valence-electron chi connectivity index (χ4n) is 2.52. The Hall–Kier alpha value is -2.95. The third-order valence-electron chi connectivity index (χ3n) is 3.77. The average molecular weight is 321 g/mol. The molecule has 1 N–H and O–H groups in total. The lowest BCUT2D eigenvalue weighted by atomic mass is 10.1. The molecule has 0 aliphatic carbocycles. The van der Waals surface area contributed by atoms with Crippen LogP contribution in [0.2, 0.25) is 0 Å². The summed E-state index contributed by atoms with van der Waals surface area (Å²) in [7, 11) is 0. The van der Waals surface area contributed by atoms with Gasteiger partial charge in [-0.15, -0.1) is 5.10 Å². The van der Waals surface area contributed by atoms with E-state index in [1.54, 1.807) is 0 Å². The first-order chi connectivity index (χ1) is 11.6. The van der Waals surface area contributed by atoms with E-state index in [9.17, 15) is 4.79 Å². The molecule has 3 aromatic rings. The van der Waals surface area contributed by atoms with Crippen LogP contribution >= 0.6 is 0 Å². The number of aromatic nitrogens is 2. The Morgan fingerprint density at radius 3 is 2.62 bits per heavy atom. The van der Waals surface area contributed by atoms with Gasteiger partial charge in [-0.05, 0) is 37.5 Å². The third kappa shape index (κ3) is 3.87. The Balaban J connectivity index is 1.62. The molecule has 0 radical (unpaired) electrons. The average Bonchev–Trinajstić information content (AvgIpc) is 3.02. The number of carbonyl (C=O) groups is 1. The summed E-state index contributed by atoms with van der Waals surface area (Å²) in [6.07, 6.45) is 1.04. The zero-order valence-electron chi connectivity index (χ0n) is 13.7. The lowest BCUT2D eigenvalue weighted by Gasteiger charge is -2.02. The predicted octanol–water partition coefficient (Wildman–Crippen LogP) is 3.92. The van der Waals surface area contributed by atoms with Crippen LogP contribution in [0, 0.1) is 13.8 Å². The number of hydrogen-bond acceptors (Lipinski definition) is 4. The zero-order valence-corrected chi connectivity index (χ0v) is 13.7. The van der Waals surface area contributed by atoms with E-state index in [2.05, 4.69) is 21.6 Å². The monoisotopic (exact) mass is 321 g/mol. The molecule has 122 valence electrons. The van der Waals surface area contributed by atoms with Crippen LogP contribution < -0.4 is 5.32 Å². The van der Waals surface area contributed by atoms with E-state index in [-0.39, 0.29) is 11.9 Å². The molecule has 1 aromatic heterocycles. The van der Waals surface area contributed by atoms with Crippen molar-refractivity contribution in [2.24, 2.45) is 0 Å².